The van der Waals surface area contributed by atoms with Gasteiger partial charge in [-0.2, -0.15) is 0 Å². The molecule has 1 aromatic rings. The second-order valence-corrected chi connectivity index (χ2v) is 12.5. The predicted octanol–water partition coefficient (Wildman–Crippen LogP) is 10.1. The van der Waals surface area contributed by atoms with E-state index in [9.17, 15) is 14.4 Å². The molecule has 0 radical (unpaired) electrons. The van der Waals surface area contributed by atoms with Crippen LogP contribution >= 0.6 is 0 Å². The fourth-order valence-electron chi connectivity index (χ4n) is 3.40. The van der Waals surface area contributed by atoms with E-state index in [1.54, 1.807) is 0 Å². The molecule has 214 valence electrons. The first kappa shape index (κ1) is 37.4. The number of Topliss-reactive ketones (excluding diaryl/α,β-unsaturated/α-hetero) is 3. The molecule has 0 heterocycles. The van der Waals surface area contributed by atoms with Gasteiger partial charge in [-0.25, -0.2) is 0 Å². The molecule has 0 saturated carbocycles. The van der Waals surface area contributed by atoms with Crippen LogP contribution in [-0.4, -0.2) is 17.3 Å². The third-order valence-electron chi connectivity index (χ3n) is 6.35. The van der Waals surface area contributed by atoms with Crippen molar-refractivity contribution in [3.63, 3.8) is 0 Å². The maximum Gasteiger partial charge on any atom is 0.165 e. The minimum absolute atomic E-state index is 0.0832. The Morgan fingerprint density at radius 1 is 0.541 bits per heavy atom. The second kappa shape index (κ2) is 21.2. The molecule has 0 amide bonds. The van der Waals surface area contributed by atoms with E-state index in [1.165, 1.54) is 24.8 Å². The number of ketones is 3. The molecule has 0 aliphatic heterocycles. The Balaban J connectivity index is 0. The van der Waals surface area contributed by atoms with Gasteiger partial charge in [-0.3, -0.25) is 14.4 Å². The summed E-state index contributed by atoms with van der Waals surface area (Å²) in [7, 11) is 0. The molecule has 0 spiro atoms. The normalized spacial score (nSPS) is 11.1. The first-order valence-electron chi connectivity index (χ1n) is 14.8. The summed E-state index contributed by atoms with van der Waals surface area (Å²) in [6, 6.07) is 7.94. The highest BCUT2D eigenvalue weighted by atomic mass is 16.1. The molecule has 3 nitrogen and oxygen atoms in total. The summed E-state index contributed by atoms with van der Waals surface area (Å²) in [6.45, 7) is 24.8. The molecule has 0 saturated heterocycles. The number of unbranched alkanes of at least 4 members (excludes halogenated alkanes) is 2. The van der Waals surface area contributed by atoms with Gasteiger partial charge in [0.25, 0.3) is 0 Å². The summed E-state index contributed by atoms with van der Waals surface area (Å²) in [5, 5.41) is 0. The largest absolute Gasteiger partial charge is 0.299 e. The van der Waals surface area contributed by atoms with E-state index in [0.29, 0.717) is 23.4 Å². The average Bonchev–Trinajstić information content (AvgIpc) is 2.82. The van der Waals surface area contributed by atoms with Crippen LogP contribution in [-0.2, 0) is 9.59 Å². The molecule has 1 rings (SSSR count). The Kier molecular flexibility index (Phi) is 21.4. The maximum atomic E-state index is 11.6. The van der Waals surface area contributed by atoms with Gasteiger partial charge in [0.2, 0.25) is 0 Å². The van der Waals surface area contributed by atoms with Gasteiger partial charge in [0.1, 0.15) is 11.6 Å². The van der Waals surface area contributed by atoms with Crippen LogP contribution in [0.3, 0.4) is 0 Å². The summed E-state index contributed by atoms with van der Waals surface area (Å²) in [4.78, 5) is 33.9. The van der Waals surface area contributed by atoms with E-state index >= 15 is 0 Å². The fraction of sp³-hybridized carbons (Fsp3) is 0.735. The van der Waals surface area contributed by atoms with Gasteiger partial charge in [-0.1, -0.05) is 127 Å². The lowest BCUT2D eigenvalue weighted by atomic mass is 9.97. The Labute approximate surface area is 230 Å². The predicted molar refractivity (Wildman–Crippen MR) is 161 cm³/mol. The van der Waals surface area contributed by atoms with Gasteiger partial charge >= 0.3 is 0 Å². The van der Waals surface area contributed by atoms with Crippen molar-refractivity contribution in [2.24, 2.45) is 29.6 Å². The van der Waals surface area contributed by atoms with Crippen molar-refractivity contribution in [1.29, 1.82) is 0 Å². The molecule has 0 aliphatic carbocycles. The molecule has 1 aromatic carbocycles. The zero-order valence-electron chi connectivity index (χ0n) is 26.4. The number of carbonyl (C=O) groups excluding carboxylic acids is 3. The number of rotatable bonds is 14. The monoisotopic (exact) mass is 516 g/mol. The first-order valence-corrected chi connectivity index (χ1v) is 14.8. The maximum absolute atomic E-state index is 11.6. The zero-order valence-corrected chi connectivity index (χ0v) is 26.4. The van der Waals surface area contributed by atoms with Gasteiger partial charge in [-0.15, -0.1) is 0 Å². The van der Waals surface area contributed by atoms with E-state index in [1.807, 2.05) is 65.8 Å². The molecule has 0 bridgehead atoms. The average molecular weight is 517 g/mol. The lowest BCUT2D eigenvalue weighted by molar-refractivity contribution is -0.122. The standard InChI is InChI=1S/C13H18O.C12H24O.C9H18O/c1-9(2)11-5-7-12(8-6-11)13(14)10(3)4;1-10(2)8-6-5-7-9-12(13)11(3)4;1-7(2)5-6-9(10)8(3)4/h5-10H,1-4H3;10-11H,5-9H2,1-4H3;7-8H,5-6H2,1-4H3. The molecule has 0 N–H and O–H groups in total. The summed E-state index contributed by atoms with van der Waals surface area (Å²) in [6.07, 6.45) is 7.47. The van der Waals surface area contributed by atoms with Crippen molar-refractivity contribution in [2.75, 3.05) is 0 Å². The molecular formula is C34H60O3. The van der Waals surface area contributed by atoms with Crippen LogP contribution in [0.15, 0.2) is 24.3 Å². The highest BCUT2D eigenvalue weighted by Crippen LogP contribution is 2.16. The summed E-state index contributed by atoms with van der Waals surface area (Å²) in [5.74, 6) is 3.56. The van der Waals surface area contributed by atoms with Crippen LogP contribution in [0.2, 0.25) is 0 Å². The van der Waals surface area contributed by atoms with Crippen molar-refractivity contribution in [3.05, 3.63) is 35.4 Å². The third-order valence-corrected chi connectivity index (χ3v) is 6.35. The van der Waals surface area contributed by atoms with Gasteiger partial charge < -0.3 is 0 Å². The highest BCUT2D eigenvalue weighted by molar-refractivity contribution is 5.97. The lowest BCUT2D eigenvalue weighted by Gasteiger charge is -2.07. The van der Waals surface area contributed by atoms with Gasteiger partial charge in [0, 0.05) is 36.2 Å². The van der Waals surface area contributed by atoms with Gasteiger partial charge in [0.05, 0.1) is 0 Å². The van der Waals surface area contributed by atoms with Crippen molar-refractivity contribution >= 4 is 17.3 Å². The molecule has 0 unspecified atom stereocenters. The summed E-state index contributed by atoms with van der Waals surface area (Å²) in [5.41, 5.74) is 2.11. The summed E-state index contributed by atoms with van der Waals surface area (Å²) < 4.78 is 0. The van der Waals surface area contributed by atoms with Crippen molar-refractivity contribution in [2.45, 2.75) is 134 Å². The molecule has 0 aliphatic rings. The first-order chi connectivity index (χ1) is 17.1. The number of hydrogen-bond donors (Lipinski definition) is 0. The fourth-order valence-corrected chi connectivity index (χ4v) is 3.40. The number of benzene rings is 1. The van der Waals surface area contributed by atoms with Crippen LogP contribution < -0.4 is 0 Å². The minimum Gasteiger partial charge on any atom is -0.299 e. The minimum atomic E-state index is 0.0832. The smallest absolute Gasteiger partial charge is 0.165 e. The van der Waals surface area contributed by atoms with Gasteiger partial charge in [-0.05, 0) is 36.2 Å². The van der Waals surface area contributed by atoms with Crippen molar-refractivity contribution in [3.8, 4) is 0 Å². The van der Waals surface area contributed by atoms with Crippen LogP contribution in [0.5, 0.6) is 0 Å². The van der Waals surface area contributed by atoms with E-state index in [4.69, 9.17) is 0 Å². The van der Waals surface area contributed by atoms with Crippen LogP contribution in [0, 0.1) is 29.6 Å². The van der Waals surface area contributed by atoms with Crippen molar-refractivity contribution in [1.82, 2.24) is 0 Å². The van der Waals surface area contributed by atoms with Crippen LogP contribution in [0.1, 0.15) is 150 Å². The lowest BCUT2D eigenvalue weighted by Crippen LogP contribution is -2.07. The quantitative estimate of drug-likeness (QED) is 0.182. The number of hydrogen-bond acceptors (Lipinski definition) is 3. The summed E-state index contributed by atoms with van der Waals surface area (Å²) >= 11 is 0. The molecule has 3 heteroatoms. The second-order valence-electron chi connectivity index (χ2n) is 12.5. The SMILES string of the molecule is CC(C)C(=O)c1ccc(C(C)C)cc1.CC(C)CCC(=O)C(C)C.CC(C)CCCCCC(=O)C(C)C. The Bertz CT molecular complexity index is 737. The van der Waals surface area contributed by atoms with E-state index in [0.717, 1.165) is 37.2 Å². The Hall–Kier alpha value is -1.77. The molecule has 37 heavy (non-hydrogen) atoms. The molecule has 0 fully saturated rings. The number of carbonyl (C=O) groups is 3. The van der Waals surface area contributed by atoms with Gasteiger partial charge in [0.15, 0.2) is 5.78 Å². The topological polar surface area (TPSA) is 51.2 Å². The van der Waals surface area contributed by atoms with E-state index in [-0.39, 0.29) is 23.5 Å². The van der Waals surface area contributed by atoms with E-state index < -0.39 is 0 Å². The molecule has 0 atom stereocenters. The Morgan fingerprint density at radius 2 is 1.00 bits per heavy atom. The highest BCUT2D eigenvalue weighted by Gasteiger charge is 2.10. The Morgan fingerprint density at radius 3 is 1.38 bits per heavy atom. The van der Waals surface area contributed by atoms with Crippen LogP contribution in [0.25, 0.3) is 0 Å². The zero-order chi connectivity index (χ0) is 29.1. The molecular weight excluding hydrogens is 456 g/mol. The van der Waals surface area contributed by atoms with Crippen molar-refractivity contribution < 1.29 is 14.4 Å². The molecule has 0 aromatic heterocycles. The third kappa shape index (κ3) is 20.9. The van der Waals surface area contributed by atoms with E-state index in [2.05, 4.69) is 41.5 Å². The van der Waals surface area contributed by atoms with Crippen LogP contribution in [0.4, 0.5) is 0 Å².